The highest BCUT2D eigenvalue weighted by Gasteiger charge is 2.07. The van der Waals surface area contributed by atoms with Gasteiger partial charge in [-0.1, -0.05) is 24.3 Å². The molecule has 0 amide bonds. The predicted molar refractivity (Wildman–Crippen MR) is 97.4 cm³/mol. The van der Waals surface area contributed by atoms with E-state index in [4.69, 9.17) is 14.6 Å². The van der Waals surface area contributed by atoms with Gasteiger partial charge in [-0.25, -0.2) is 4.79 Å². The molecule has 25 heavy (non-hydrogen) atoms. The van der Waals surface area contributed by atoms with Crippen LogP contribution < -0.4 is 4.74 Å². The summed E-state index contributed by atoms with van der Waals surface area (Å²) in [6.45, 7) is 4.24. The molecule has 0 unspecified atom stereocenters. The van der Waals surface area contributed by atoms with E-state index in [2.05, 4.69) is 0 Å². The minimum absolute atomic E-state index is 0.0215. The molecule has 1 aromatic rings. The van der Waals surface area contributed by atoms with Gasteiger partial charge in [0, 0.05) is 6.08 Å². The van der Waals surface area contributed by atoms with Crippen LogP contribution in [0.15, 0.2) is 48.1 Å². The van der Waals surface area contributed by atoms with E-state index in [0.29, 0.717) is 18.8 Å². The van der Waals surface area contributed by atoms with Crippen molar-refractivity contribution >= 4 is 5.97 Å². The molecule has 0 radical (unpaired) electrons. The fourth-order valence-corrected chi connectivity index (χ4v) is 2.23. The molecule has 0 aliphatic rings. The van der Waals surface area contributed by atoms with Gasteiger partial charge in [0.2, 0.25) is 0 Å². The van der Waals surface area contributed by atoms with Crippen LogP contribution >= 0.6 is 0 Å². The van der Waals surface area contributed by atoms with Crippen molar-refractivity contribution in [1.82, 2.24) is 0 Å². The average molecular weight is 348 g/mol. The van der Waals surface area contributed by atoms with Gasteiger partial charge in [-0.15, -0.1) is 0 Å². The Hall–Kier alpha value is -2.11. The van der Waals surface area contributed by atoms with Crippen LogP contribution in [0, 0.1) is 0 Å². The highest BCUT2D eigenvalue weighted by Crippen LogP contribution is 2.22. The number of allylic oxidation sites excluding steroid dienone is 3. The van der Waals surface area contributed by atoms with Gasteiger partial charge in [-0.2, -0.15) is 0 Å². The number of esters is 1. The Balaban J connectivity index is 2.33. The number of benzene rings is 1. The number of ether oxygens (including phenoxy) is 2. The summed E-state index contributed by atoms with van der Waals surface area (Å²) in [4.78, 5) is 11.3. The molecule has 0 saturated heterocycles. The zero-order valence-corrected chi connectivity index (χ0v) is 15.0. The third-order valence-electron chi connectivity index (χ3n) is 3.49. The first-order chi connectivity index (χ1) is 12.1. The molecule has 0 bridgehead atoms. The van der Waals surface area contributed by atoms with Crippen LogP contribution in [0.3, 0.4) is 0 Å². The molecule has 1 rings (SSSR count). The van der Waals surface area contributed by atoms with Gasteiger partial charge in [-0.3, -0.25) is 0 Å². The van der Waals surface area contributed by atoms with E-state index in [9.17, 15) is 9.90 Å². The number of aliphatic hydroxyl groups excluding tert-OH is 2. The second-order valence-electron chi connectivity index (χ2n) is 5.63. The number of carbonyl (C=O) groups is 1. The largest absolute Gasteiger partial charge is 0.491 e. The van der Waals surface area contributed by atoms with Crippen molar-refractivity contribution in [2.24, 2.45) is 0 Å². The van der Waals surface area contributed by atoms with Crippen molar-refractivity contribution in [3.8, 4) is 5.75 Å². The van der Waals surface area contributed by atoms with Gasteiger partial charge in [0.15, 0.2) is 0 Å². The molecule has 0 aliphatic heterocycles. The quantitative estimate of drug-likeness (QED) is 0.278. The zero-order valence-electron chi connectivity index (χ0n) is 15.0. The van der Waals surface area contributed by atoms with Gasteiger partial charge >= 0.3 is 5.97 Å². The molecule has 0 aromatic heterocycles. The predicted octanol–water partition coefficient (Wildman–Crippen LogP) is 3.33. The number of hydrogen-bond donors (Lipinski definition) is 2. The van der Waals surface area contributed by atoms with Crippen LogP contribution in [0.1, 0.15) is 44.8 Å². The number of carbonyl (C=O) groups excluding carboxylic acids is 1. The molecule has 1 aromatic carbocycles. The van der Waals surface area contributed by atoms with Crippen molar-refractivity contribution in [3.05, 3.63) is 53.6 Å². The van der Waals surface area contributed by atoms with E-state index in [1.807, 2.05) is 31.2 Å². The highest BCUT2D eigenvalue weighted by atomic mass is 16.5. The summed E-state index contributed by atoms with van der Waals surface area (Å²) in [5, 5.41) is 18.9. The lowest BCUT2D eigenvalue weighted by Crippen LogP contribution is -2.02. The van der Waals surface area contributed by atoms with E-state index in [1.54, 1.807) is 19.1 Å². The Kier molecular flexibility index (Phi) is 10.3. The minimum atomic E-state index is -0.517. The summed E-state index contributed by atoms with van der Waals surface area (Å²) < 4.78 is 10.1. The molecule has 5 heteroatoms. The third-order valence-corrected chi connectivity index (χ3v) is 3.49. The highest BCUT2D eigenvalue weighted by molar-refractivity contribution is 5.83. The SMILES string of the molecule is CCOC(=O)/C=C(C)/C=C/CCC[C@H](O)c1ccc(OCCO)cc1. The smallest absolute Gasteiger partial charge is 0.330 e. The first kappa shape index (κ1) is 20.9. The number of hydrogen-bond acceptors (Lipinski definition) is 5. The van der Waals surface area contributed by atoms with Crippen molar-refractivity contribution in [2.45, 2.75) is 39.2 Å². The number of aliphatic hydroxyl groups is 2. The number of rotatable bonds is 11. The molecular weight excluding hydrogens is 320 g/mol. The normalized spacial score (nSPS) is 13.0. The molecule has 0 heterocycles. The minimum Gasteiger partial charge on any atom is -0.491 e. The summed E-state index contributed by atoms with van der Waals surface area (Å²) in [5.74, 6) is 0.350. The fraction of sp³-hybridized carbons (Fsp3) is 0.450. The van der Waals surface area contributed by atoms with Crippen molar-refractivity contribution < 1.29 is 24.5 Å². The maximum atomic E-state index is 11.3. The standard InChI is InChI=1S/C20H28O5/c1-3-24-20(23)15-16(2)7-5-4-6-8-19(22)17-9-11-18(12-10-17)25-14-13-21/h5,7,9-12,15,19,21-22H,3-4,6,8,13-14H2,1-2H3/b7-5+,16-15+/t19-/m0/s1. The van der Waals surface area contributed by atoms with Crippen LogP contribution in [0.25, 0.3) is 0 Å². The molecule has 1 atom stereocenters. The van der Waals surface area contributed by atoms with Crippen molar-refractivity contribution in [3.63, 3.8) is 0 Å². The fourth-order valence-electron chi connectivity index (χ4n) is 2.23. The van der Waals surface area contributed by atoms with Crippen LogP contribution in [0.4, 0.5) is 0 Å². The number of unbranched alkanes of at least 4 members (excludes halogenated alkanes) is 1. The van der Waals surface area contributed by atoms with Crippen molar-refractivity contribution in [1.29, 1.82) is 0 Å². The Labute approximate surface area is 149 Å². The van der Waals surface area contributed by atoms with Crippen LogP contribution in [-0.4, -0.2) is 36.0 Å². The van der Waals surface area contributed by atoms with Crippen LogP contribution in [0.2, 0.25) is 0 Å². The van der Waals surface area contributed by atoms with E-state index >= 15 is 0 Å². The summed E-state index contributed by atoms with van der Waals surface area (Å²) >= 11 is 0. The van der Waals surface area contributed by atoms with E-state index in [-0.39, 0.29) is 19.2 Å². The summed E-state index contributed by atoms with van der Waals surface area (Å²) in [6, 6.07) is 7.24. The summed E-state index contributed by atoms with van der Waals surface area (Å²) in [6.07, 6.45) is 7.14. The maximum absolute atomic E-state index is 11.3. The van der Waals surface area contributed by atoms with E-state index < -0.39 is 6.10 Å². The summed E-state index contributed by atoms with van der Waals surface area (Å²) in [7, 11) is 0. The molecule has 5 nitrogen and oxygen atoms in total. The molecule has 0 saturated carbocycles. The zero-order chi connectivity index (χ0) is 18.5. The molecule has 0 aliphatic carbocycles. The van der Waals surface area contributed by atoms with Gasteiger partial charge < -0.3 is 19.7 Å². The van der Waals surface area contributed by atoms with Gasteiger partial charge in [0.1, 0.15) is 12.4 Å². The third kappa shape index (κ3) is 9.08. The molecule has 0 fully saturated rings. The molecule has 0 spiro atoms. The molecule has 138 valence electrons. The lowest BCUT2D eigenvalue weighted by atomic mass is 10.0. The lowest BCUT2D eigenvalue weighted by molar-refractivity contribution is -0.137. The topological polar surface area (TPSA) is 76.0 Å². The maximum Gasteiger partial charge on any atom is 0.330 e. The van der Waals surface area contributed by atoms with E-state index in [0.717, 1.165) is 24.0 Å². The first-order valence-electron chi connectivity index (χ1n) is 8.60. The monoisotopic (exact) mass is 348 g/mol. The summed E-state index contributed by atoms with van der Waals surface area (Å²) in [5.41, 5.74) is 1.69. The Morgan fingerprint density at radius 2 is 2.00 bits per heavy atom. The van der Waals surface area contributed by atoms with Gasteiger partial charge in [0.05, 0.1) is 19.3 Å². The van der Waals surface area contributed by atoms with Gasteiger partial charge in [0.25, 0.3) is 0 Å². The Morgan fingerprint density at radius 1 is 1.28 bits per heavy atom. The average Bonchev–Trinajstić information content (AvgIpc) is 2.60. The Morgan fingerprint density at radius 3 is 2.64 bits per heavy atom. The van der Waals surface area contributed by atoms with Crippen molar-refractivity contribution in [2.75, 3.05) is 19.8 Å². The second-order valence-corrected chi connectivity index (χ2v) is 5.63. The van der Waals surface area contributed by atoms with E-state index in [1.165, 1.54) is 6.08 Å². The van der Waals surface area contributed by atoms with Crippen LogP contribution in [-0.2, 0) is 9.53 Å². The Bertz CT molecular complexity index is 560. The lowest BCUT2D eigenvalue weighted by Gasteiger charge is -2.11. The first-order valence-corrected chi connectivity index (χ1v) is 8.60. The van der Waals surface area contributed by atoms with Gasteiger partial charge in [-0.05, 0) is 56.4 Å². The second kappa shape index (κ2) is 12.3. The van der Waals surface area contributed by atoms with Crippen LogP contribution in [0.5, 0.6) is 5.75 Å². The molecular formula is C20H28O5. The molecule has 2 N–H and O–H groups in total.